The Labute approximate surface area is 159 Å². The number of benzene rings is 1. The lowest BCUT2D eigenvalue weighted by atomic mass is 10.1. The van der Waals surface area contributed by atoms with Crippen LogP contribution in [0.2, 0.25) is 0 Å². The Balaban J connectivity index is 2.02. The van der Waals surface area contributed by atoms with E-state index in [0.717, 1.165) is 23.3 Å². The van der Waals surface area contributed by atoms with Gasteiger partial charge >= 0.3 is 0 Å². The van der Waals surface area contributed by atoms with E-state index in [1.807, 2.05) is 19.0 Å². The summed E-state index contributed by atoms with van der Waals surface area (Å²) in [5.74, 6) is 0.814. The van der Waals surface area contributed by atoms with Crippen LogP contribution in [0.1, 0.15) is 23.7 Å². The van der Waals surface area contributed by atoms with E-state index in [1.54, 1.807) is 23.1 Å². The molecule has 5 nitrogen and oxygen atoms in total. The first-order chi connectivity index (χ1) is 12.0. The van der Waals surface area contributed by atoms with Crippen LogP contribution in [0.4, 0.5) is 5.13 Å². The number of hydrogen-bond donors (Lipinski definition) is 2. The highest BCUT2D eigenvalue weighted by atomic mass is 32.2. The summed E-state index contributed by atoms with van der Waals surface area (Å²) in [4.78, 5) is 12.6. The Hall–Kier alpha value is -1.73. The fourth-order valence-corrected chi connectivity index (χ4v) is 3.70. The van der Waals surface area contributed by atoms with Crippen LogP contribution in [0.25, 0.3) is 0 Å². The topological polar surface area (TPSA) is 52.6 Å². The third-order valence-electron chi connectivity index (χ3n) is 3.55. The average molecular weight is 378 g/mol. The number of aromatic nitrogens is 1. The van der Waals surface area contributed by atoms with Gasteiger partial charge in [-0.3, -0.25) is 0 Å². The van der Waals surface area contributed by atoms with Gasteiger partial charge in [-0.15, -0.1) is 23.1 Å². The number of aryl methyl sites for hydroxylation is 1. The molecule has 0 bridgehead atoms. The van der Waals surface area contributed by atoms with Gasteiger partial charge in [-0.1, -0.05) is 12.1 Å². The molecule has 1 aromatic carbocycles. The first-order valence-electron chi connectivity index (χ1n) is 8.31. The summed E-state index contributed by atoms with van der Waals surface area (Å²) < 4.78 is 0. The van der Waals surface area contributed by atoms with Gasteiger partial charge in [0.1, 0.15) is 0 Å². The van der Waals surface area contributed by atoms with Gasteiger partial charge in [-0.05, 0) is 37.3 Å². The lowest BCUT2D eigenvalue weighted by Gasteiger charge is -2.12. The monoisotopic (exact) mass is 377 g/mol. The molecule has 0 saturated carbocycles. The summed E-state index contributed by atoms with van der Waals surface area (Å²) in [5.41, 5.74) is 3.56. The summed E-state index contributed by atoms with van der Waals surface area (Å²) in [6, 6.07) is 6.52. The second kappa shape index (κ2) is 9.68. The van der Waals surface area contributed by atoms with Gasteiger partial charge in [0.15, 0.2) is 11.1 Å². The molecule has 1 aromatic heterocycles. The predicted molar refractivity (Wildman–Crippen MR) is 111 cm³/mol. The lowest BCUT2D eigenvalue weighted by molar-refractivity contribution is 0.801. The van der Waals surface area contributed by atoms with Gasteiger partial charge in [0.05, 0.1) is 18.8 Å². The highest BCUT2D eigenvalue weighted by molar-refractivity contribution is 7.98. The van der Waals surface area contributed by atoms with Crippen LogP contribution in [0.15, 0.2) is 33.5 Å². The first-order valence-corrected chi connectivity index (χ1v) is 10.4. The Morgan fingerprint density at radius 1 is 1.32 bits per heavy atom. The summed E-state index contributed by atoms with van der Waals surface area (Å²) in [6.45, 7) is 6.35. The van der Waals surface area contributed by atoms with Crippen LogP contribution < -0.4 is 15.5 Å². The summed E-state index contributed by atoms with van der Waals surface area (Å²) in [7, 11) is 4.01. The molecule has 2 N–H and O–H groups in total. The summed E-state index contributed by atoms with van der Waals surface area (Å²) >= 11 is 3.42. The molecule has 0 aliphatic carbocycles. The third kappa shape index (κ3) is 5.93. The van der Waals surface area contributed by atoms with Crippen LogP contribution in [0.5, 0.6) is 0 Å². The zero-order valence-electron chi connectivity index (χ0n) is 15.6. The van der Waals surface area contributed by atoms with Gasteiger partial charge in [-0.2, -0.15) is 0 Å². The normalized spacial score (nSPS) is 11.5. The van der Waals surface area contributed by atoms with Crippen molar-refractivity contribution < 1.29 is 0 Å². The molecule has 136 valence electrons. The number of nitrogens with one attached hydrogen (secondary N) is 2. The molecular weight excluding hydrogens is 350 g/mol. The van der Waals surface area contributed by atoms with E-state index in [0.29, 0.717) is 13.1 Å². The number of guanidine groups is 1. The van der Waals surface area contributed by atoms with E-state index in [4.69, 9.17) is 4.99 Å². The number of aliphatic imine (C=N–C) groups is 1. The first kappa shape index (κ1) is 19.6. The minimum atomic E-state index is 0.659. The van der Waals surface area contributed by atoms with Crippen LogP contribution in [-0.4, -0.2) is 37.8 Å². The molecule has 0 spiro atoms. The Morgan fingerprint density at radius 2 is 2.12 bits per heavy atom. The van der Waals surface area contributed by atoms with Gasteiger partial charge in [0.25, 0.3) is 0 Å². The maximum Gasteiger partial charge on any atom is 0.191 e. The van der Waals surface area contributed by atoms with Crippen LogP contribution >= 0.6 is 23.1 Å². The largest absolute Gasteiger partial charge is 0.357 e. The van der Waals surface area contributed by atoms with Crippen molar-refractivity contribution in [3.63, 3.8) is 0 Å². The highest BCUT2D eigenvalue weighted by Gasteiger charge is 2.06. The van der Waals surface area contributed by atoms with Crippen molar-refractivity contribution in [3.8, 4) is 0 Å². The number of thioether (sulfide) groups is 1. The van der Waals surface area contributed by atoms with Gasteiger partial charge in [0.2, 0.25) is 0 Å². The van der Waals surface area contributed by atoms with E-state index in [9.17, 15) is 0 Å². The molecule has 0 atom stereocenters. The van der Waals surface area contributed by atoms with E-state index >= 15 is 0 Å². The Kier molecular flexibility index (Phi) is 7.58. The van der Waals surface area contributed by atoms with E-state index in [2.05, 4.69) is 59.3 Å². The van der Waals surface area contributed by atoms with Crippen molar-refractivity contribution in [2.24, 2.45) is 4.99 Å². The summed E-state index contributed by atoms with van der Waals surface area (Å²) in [6.07, 6.45) is 2.11. The second-order valence-electron chi connectivity index (χ2n) is 5.88. The molecule has 0 saturated heterocycles. The van der Waals surface area contributed by atoms with Crippen LogP contribution in [-0.2, 0) is 13.1 Å². The molecule has 25 heavy (non-hydrogen) atoms. The number of thiazole rings is 1. The maximum atomic E-state index is 4.73. The van der Waals surface area contributed by atoms with Gasteiger partial charge < -0.3 is 15.5 Å². The van der Waals surface area contributed by atoms with Gasteiger partial charge in [-0.25, -0.2) is 9.98 Å². The smallest absolute Gasteiger partial charge is 0.191 e. The minimum Gasteiger partial charge on any atom is -0.357 e. The molecular formula is C18H27N5S2. The molecule has 7 heteroatoms. The van der Waals surface area contributed by atoms with Crippen molar-refractivity contribution in [2.75, 3.05) is 31.8 Å². The number of anilines is 1. The fraction of sp³-hybridized carbons (Fsp3) is 0.444. The predicted octanol–water partition coefficient (Wildman–Crippen LogP) is 3.49. The second-order valence-corrected chi connectivity index (χ2v) is 7.56. The zero-order valence-corrected chi connectivity index (χ0v) is 17.2. The van der Waals surface area contributed by atoms with E-state index in [-0.39, 0.29) is 0 Å². The molecule has 0 amide bonds. The van der Waals surface area contributed by atoms with Crippen LogP contribution in [0.3, 0.4) is 0 Å². The maximum absolute atomic E-state index is 4.73. The van der Waals surface area contributed by atoms with Crippen molar-refractivity contribution in [1.82, 2.24) is 15.6 Å². The molecule has 0 radical (unpaired) electrons. The lowest BCUT2D eigenvalue weighted by Crippen LogP contribution is -2.36. The average Bonchev–Trinajstić information content (AvgIpc) is 3.07. The van der Waals surface area contributed by atoms with Gasteiger partial charge in [0, 0.05) is 30.9 Å². The quantitative estimate of drug-likeness (QED) is 0.439. The zero-order chi connectivity index (χ0) is 18.2. The Morgan fingerprint density at radius 3 is 2.76 bits per heavy atom. The fourth-order valence-electron chi connectivity index (χ4n) is 2.25. The molecule has 0 aliphatic rings. The standard InChI is InChI=1S/C18H27N5S2/c1-6-19-17(21-11-15-12-25-18(22-15)23(3)4)20-10-14-8-7-13(2)9-16(14)24-5/h7-9,12H,6,10-11H2,1-5H3,(H2,19,20,21). The van der Waals surface area contributed by atoms with Crippen molar-refractivity contribution in [2.45, 2.75) is 31.8 Å². The van der Waals surface area contributed by atoms with Crippen molar-refractivity contribution in [3.05, 3.63) is 40.4 Å². The molecule has 0 unspecified atom stereocenters. The molecule has 2 rings (SSSR count). The summed E-state index contributed by atoms with van der Waals surface area (Å²) in [5, 5.41) is 9.76. The number of nitrogens with zero attached hydrogens (tertiary/aromatic N) is 3. The highest BCUT2D eigenvalue weighted by Crippen LogP contribution is 2.22. The van der Waals surface area contributed by atoms with Crippen molar-refractivity contribution in [1.29, 1.82) is 0 Å². The molecule has 0 aliphatic heterocycles. The molecule has 2 aromatic rings. The molecule has 1 heterocycles. The SMILES string of the molecule is CCNC(=NCc1ccc(C)cc1SC)NCc1csc(N(C)C)n1. The van der Waals surface area contributed by atoms with Crippen molar-refractivity contribution >= 4 is 34.2 Å². The minimum absolute atomic E-state index is 0.659. The number of rotatable bonds is 7. The van der Waals surface area contributed by atoms with Crippen LogP contribution in [0, 0.1) is 6.92 Å². The van der Waals surface area contributed by atoms with E-state index < -0.39 is 0 Å². The van der Waals surface area contributed by atoms with E-state index in [1.165, 1.54) is 16.0 Å². The number of hydrogen-bond acceptors (Lipinski definition) is 5. The molecule has 0 fully saturated rings. The third-order valence-corrected chi connectivity index (χ3v) is 5.43. The Bertz CT molecular complexity index is 709.